The van der Waals surface area contributed by atoms with Gasteiger partial charge in [0.15, 0.2) is 9.84 Å². The van der Waals surface area contributed by atoms with Crippen LogP contribution in [0.15, 0.2) is 54.6 Å². The molecule has 1 atom stereocenters. The Hall–Kier alpha value is -2.51. The molecule has 0 aliphatic carbocycles. The van der Waals surface area contributed by atoms with Crippen molar-refractivity contribution in [2.75, 3.05) is 18.6 Å². The van der Waals surface area contributed by atoms with E-state index in [1.165, 1.54) is 5.56 Å². The second-order valence-corrected chi connectivity index (χ2v) is 11.0. The topological polar surface area (TPSA) is 67.3 Å². The zero-order chi connectivity index (χ0) is 21.3. The largest absolute Gasteiger partial charge is 0.341 e. The van der Waals surface area contributed by atoms with Crippen LogP contribution < -0.4 is 0 Å². The van der Waals surface area contributed by atoms with Crippen molar-refractivity contribution in [2.45, 2.75) is 25.8 Å². The van der Waals surface area contributed by atoms with E-state index < -0.39 is 9.84 Å². The summed E-state index contributed by atoms with van der Waals surface area (Å²) < 4.78 is 23.6. The molecule has 7 heteroatoms. The highest BCUT2D eigenvalue weighted by Crippen LogP contribution is 2.36. The molecule has 0 spiro atoms. The third-order valence-corrected chi connectivity index (χ3v) is 8.45. The highest BCUT2D eigenvalue weighted by molar-refractivity contribution is 7.91. The van der Waals surface area contributed by atoms with Crippen molar-refractivity contribution in [3.63, 3.8) is 0 Å². The standard InChI is InChI=1S/C23H24N2O3S2/c1-16-8-10-17(11-9-16)22-20(24-23(29-22)18-6-4-3-5-7-18)14-21(26)25(2)19-12-13-30(27,28)15-19/h3-11,19H,12-15H2,1-2H3. The van der Waals surface area contributed by atoms with Gasteiger partial charge in [0.1, 0.15) is 5.01 Å². The highest BCUT2D eigenvalue weighted by atomic mass is 32.2. The number of carbonyl (C=O) groups excluding carboxylic acids is 1. The lowest BCUT2D eigenvalue weighted by molar-refractivity contribution is -0.130. The minimum Gasteiger partial charge on any atom is -0.341 e. The van der Waals surface area contributed by atoms with Gasteiger partial charge in [0.2, 0.25) is 5.91 Å². The maximum atomic E-state index is 13.0. The number of aromatic nitrogens is 1. The SMILES string of the molecule is Cc1ccc(-c2sc(-c3ccccc3)nc2CC(=O)N(C)C2CCS(=O)(=O)C2)cc1. The summed E-state index contributed by atoms with van der Waals surface area (Å²) in [5.41, 5.74) is 3.96. The van der Waals surface area contributed by atoms with Crippen LogP contribution in [-0.2, 0) is 21.1 Å². The number of thiazole rings is 1. The van der Waals surface area contributed by atoms with Crippen LogP contribution in [0.3, 0.4) is 0 Å². The van der Waals surface area contributed by atoms with Gasteiger partial charge in [0.25, 0.3) is 0 Å². The van der Waals surface area contributed by atoms with Crippen molar-refractivity contribution in [3.8, 4) is 21.0 Å². The van der Waals surface area contributed by atoms with Gasteiger partial charge in [0, 0.05) is 18.7 Å². The number of sulfone groups is 1. The van der Waals surface area contributed by atoms with E-state index in [0.29, 0.717) is 6.42 Å². The average Bonchev–Trinajstić information content (AvgIpc) is 3.32. The molecule has 1 unspecified atom stereocenters. The van der Waals surface area contributed by atoms with Crippen molar-refractivity contribution >= 4 is 27.1 Å². The number of hydrogen-bond acceptors (Lipinski definition) is 5. The molecule has 1 aliphatic heterocycles. The fourth-order valence-corrected chi connectivity index (χ4v) is 6.53. The predicted octanol–water partition coefficient (Wildman–Crippen LogP) is 3.97. The fourth-order valence-electron chi connectivity index (χ4n) is 3.66. The van der Waals surface area contributed by atoms with Crippen molar-refractivity contribution in [2.24, 2.45) is 0 Å². The summed E-state index contributed by atoms with van der Waals surface area (Å²) >= 11 is 1.58. The molecule has 4 rings (SSSR count). The lowest BCUT2D eigenvalue weighted by Crippen LogP contribution is -2.38. The molecular formula is C23H24N2O3S2. The van der Waals surface area contributed by atoms with E-state index in [4.69, 9.17) is 4.98 Å². The third kappa shape index (κ3) is 4.47. The van der Waals surface area contributed by atoms with Crippen LogP contribution in [0.2, 0.25) is 0 Å². The molecule has 1 aromatic heterocycles. The Morgan fingerprint density at radius 3 is 2.43 bits per heavy atom. The lowest BCUT2D eigenvalue weighted by Gasteiger charge is -2.23. The Balaban J connectivity index is 1.65. The van der Waals surface area contributed by atoms with Crippen molar-refractivity contribution in [1.29, 1.82) is 0 Å². The molecule has 1 saturated heterocycles. The first-order chi connectivity index (χ1) is 14.3. The van der Waals surface area contributed by atoms with E-state index >= 15 is 0 Å². The number of hydrogen-bond donors (Lipinski definition) is 0. The minimum atomic E-state index is -3.04. The average molecular weight is 441 g/mol. The van der Waals surface area contributed by atoms with Crippen molar-refractivity contribution in [1.82, 2.24) is 9.88 Å². The van der Waals surface area contributed by atoms with Crippen LogP contribution in [-0.4, -0.2) is 48.8 Å². The van der Waals surface area contributed by atoms with E-state index in [1.54, 1.807) is 23.3 Å². The molecular weight excluding hydrogens is 416 g/mol. The smallest absolute Gasteiger partial charge is 0.228 e. The maximum Gasteiger partial charge on any atom is 0.228 e. The maximum absolute atomic E-state index is 13.0. The zero-order valence-electron chi connectivity index (χ0n) is 17.0. The van der Waals surface area contributed by atoms with Crippen molar-refractivity contribution in [3.05, 3.63) is 65.9 Å². The molecule has 156 valence electrons. The van der Waals surface area contributed by atoms with E-state index in [1.807, 2.05) is 37.3 Å². The van der Waals surface area contributed by atoms with Gasteiger partial charge in [-0.1, -0.05) is 60.2 Å². The Labute approximate surface area is 181 Å². The van der Waals surface area contributed by atoms with E-state index in [0.717, 1.165) is 26.7 Å². The normalized spacial score (nSPS) is 17.7. The number of benzene rings is 2. The summed E-state index contributed by atoms with van der Waals surface area (Å²) in [7, 11) is -1.34. The van der Waals surface area contributed by atoms with Crippen LogP contribution in [0, 0.1) is 6.92 Å². The molecule has 0 radical (unpaired) electrons. The van der Waals surface area contributed by atoms with Crippen LogP contribution in [0.4, 0.5) is 0 Å². The van der Waals surface area contributed by atoms with Crippen LogP contribution in [0.1, 0.15) is 17.7 Å². The molecule has 2 aromatic carbocycles. The number of nitrogens with zero attached hydrogens (tertiary/aromatic N) is 2. The lowest BCUT2D eigenvalue weighted by atomic mass is 10.1. The Morgan fingerprint density at radius 2 is 1.80 bits per heavy atom. The summed E-state index contributed by atoms with van der Waals surface area (Å²) in [5.74, 6) is 0.0980. The van der Waals surface area contributed by atoms with Crippen LogP contribution >= 0.6 is 11.3 Å². The molecule has 0 N–H and O–H groups in total. The summed E-state index contributed by atoms with van der Waals surface area (Å²) in [4.78, 5) is 20.4. The summed E-state index contributed by atoms with van der Waals surface area (Å²) in [6.07, 6.45) is 0.654. The van der Waals surface area contributed by atoms with Gasteiger partial charge >= 0.3 is 0 Å². The van der Waals surface area contributed by atoms with Gasteiger partial charge < -0.3 is 4.90 Å². The van der Waals surface area contributed by atoms with E-state index in [9.17, 15) is 13.2 Å². The number of likely N-dealkylation sites (N-methyl/N-ethyl adjacent to an activating group) is 1. The van der Waals surface area contributed by atoms with Crippen LogP contribution in [0.5, 0.6) is 0 Å². The third-order valence-electron chi connectivity index (χ3n) is 5.50. The summed E-state index contributed by atoms with van der Waals surface area (Å²) in [5, 5.41) is 0.875. The molecule has 2 heterocycles. The molecule has 0 bridgehead atoms. The number of carbonyl (C=O) groups is 1. The van der Waals surface area contributed by atoms with Crippen LogP contribution in [0.25, 0.3) is 21.0 Å². The van der Waals surface area contributed by atoms with Crippen molar-refractivity contribution < 1.29 is 13.2 Å². The van der Waals surface area contributed by atoms with Gasteiger partial charge in [0.05, 0.1) is 28.5 Å². The van der Waals surface area contributed by atoms with Gasteiger partial charge in [-0.05, 0) is 18.9 Å². The van der Waals surface area contributed by atoms with Gasteiger partial charge in [-0.15, -0.1) is 11.3 Å². The molecule has 1 fully saturated rings. The first-order valence-corrected chi connectivity index (χ1v) is 12.5. The fraction of sp³-hybridized carbons (Fsp3) is 0.304. The first-order valence-electron chi connectivity index (χ1n) is 9.90. The predicted molar refractivity (Wildman–Crippen MR) is 121 cm³/mol. The monoisotopic (exact) mass is 440 g/mol. The molecule has 0 saturated carbocycles. The summed E-state index contributed by atoms with van der Waals surface area (Å²) in [6.45, 7) is 2.04. The second kappa shape index (κ2) is 8.32. The van der Waals surface area contributed by atoms with Gasteiger partial charge in [-0.2, -0.15) is 0 Å². The van der Waals surface area contributed by atoms with Gasteiger partial charge in [-0.25, -0.2) is 13.4 Å². The van der Waals surface area contributed by atoms with E-state index in [2.05, 4.69) is 24.3 Å². The Morgan fingerprint density at radius 1 is 1.10 bits per heavy atom. The van der Waals surface area contributed by atoms with Gasteiger partial charge in [-0.3, -0.25) is 4.79 Å². The molecule has 3 aromatic rings. The second-order valence-electron chi connectivity index (χ2n) is 7.77. The molecule has 1 aliphatic rings. The summed E-state index contributed by atoms with van der Waals surface area (Å²) in [6, 6.07) is 17.9. The minimum absolute atomic E-state index is 0.0480. The first kappa shape index (κ1) is 20.8. The zero-order valence-corrected chi connectivity index (χ0v) is 18.7. The quantitative estimate of drug-likeness (QED) is 0.602. The molecule has 30 heavy (non-hydrogen) atoms. The Bertz CT molecular complexity index is 1150. The Kier molecular flexibility index (Phi) is 5.75. The highest BCUT2D eigenvalue weighted by Gasteiger charge is 2.33. The number of amides is 1. The number of aryl methyl sites for hydroxylation is 1. The molecule has 1 amide bonds. The van der Waals surface area contributed by atoms with E-state index in [-0.39, 0.29) is 29.9 Å². The number of rotatable bonds is 5. The molecule has 5 nitrogen and oxygen atoms in total.